The van der Waals surface area contributed by atoms with Crippen LogP contribution in [0, 0.1) is 0 Å². The van der Waals surface area contributed by atoms with Crippen molar-refractivity contribution in [3.8, 4) is 0 Å². The van der Waals surface area contributed by atoms with E-state index in [9.17, 15) is 9.90 Å². The fourth-order valence-electron chi connectivity index (χ4n) is 2.25. The Morgan fingerprint density at radius 3 is 3.00 bits per heavy atom. The van der Waals surface area contributed by atoms with Gasteiger partial charge >= 0.3 is 5.97 Å². The number of aliphatic carboxylic acids is 1. The first-order valence-electron chi connectivity index (χ1n) is 5.21. The molecule has 2 atom stereocenters. The maximum atomic E-state index is 11.3. The quantitative estimate of drug-likeness (QED) is 0.858. The van der Waals surface area contributed by atoms with Crippen molar-refractivity contribution < 1.29 is 9.90 Å². The molecule has 0 bridgehead atoms. The van der Waals surface area contributed by atoms with E-state index in [-0.39, 0.29) is 0 Å². The van der Waals surface area contributed by atoms with E-state index < -0.39 is 12.0 Å². The van der Waals surface area contributed by atoms with Crippen molar-refractivity contribution in [2.75, 3.05) is 6.54 Å². The van der Waals surface area contributed by atoms with Gasteiger partial charge in [-0.15, -0.1) is 0 Å². The standard InChI is InChI=1S/C11H15NO2S/c1-8-3-2-5-12(8)10(11(13)14)9-4-6-15-7-9/h4,6-8,10H,2-3,5H2,1H3,(H,13,14)/t8?,10-/m1/s1. The molecule has 3 nitrogen and oxygen atoms in total. The molecule has 0 radical (unpaired) electrons. The topological polar surface area (TPSA) is 40.5 Å². The van der Waals surface area contributed by atoms with Crippen LogP contribution in [0.1, 0.15) is 31.4 Å². The van der Waals surface area contributed by atoms with E-state index in [1.54, 1.807) is 11.3 Å². The molecule has 2 heterocycles. The second kappa shape index (κ2) is 4.33. The lowest BCUT2D eigenvalue weighted by Gasteiger charge is -2.27. The van der Waals surface area contributed by atoms with Crippen molar-refractivity contribution in [1.29, 1.82) is 0 Å². The van der Waals surface area contributed by atoms with Crippen molar-refractivity contribution in [2.24, 2.45) is 0 Å². The van der Waals surface area contributed by atoms with Gasteiger partial charge in [-0.1, -0.05) is 0 Å². The minimum atomic E-state index is -0.734. The summed E-state index contributed by atoms with van der Waals surface area (Å²) in [5.41, 5.74) is 0.918. The van der Waals surface area contributed by atoms with Crippen molar-refractivity contribution in [3.05, 3.63) is 22.4 Å². The Labute approximate surface area is 93.3 Å². The van der Waals surface area contributed by atoms with E-state index in [1.165, 1.54) is 0 Å². The van der Waals surface area contributed by atoms with Gasteiger partial charge in [0.1, 0.15) is 6.04 Å². The van der Waals surface area contributed by atoms with Gasteiger partial charge in [0.15, 0.2) is 0 Å². The largest absolute Gasteiger partial charge is 0.480 e. The summed E-state index contributed by atoms with van der Waals surface area (Å²) in [5, 5.41) is 13.2. The Morgan fingerprint density at radius 1 is 1.73 bits per heavy atom. The van der Waals surface area contributed by atoms with Gasteiger partial charge < -0.3 is 5.11 Å². The van der Waals surface area contributed by atoms with Crippen molar-refractivity contribution in [3.63, 3.8) is 0 Å². The molecule has 2 rings (SSSR count). The van der Waals surface area contributed by atoms with Crippen LogP contribution in [0.15, 0.2) is 16.8 Å². The van der Waals surface area contributed by atoms with Gasteiger partial charge in [-0.25, -0.2) is 0 Å². The summed E-state index contributed by atoms with van der Waals surface area (Å²) in [4.78, 5) is 13.4. The monoisotopic (exact) mass is 225 g/mol. The highest BCUT2D eigenvalue weighted by Gasteiger charge is 2.33. The van der Waals surface area contributed by atoms with Crippen LogP contribution in [0.5, 0.6) is 0 Å². The molecular formula is C11H15NO2S. The van der Waals surface area contributed by atoms with Gasteiger partial charge in [0.25, 0.3) is 0 Å². The summed E-state index contributed by atoms with van der Waals surface area (Å²) in [5.74, 6) is -0.734. The number of carboxylic acid groups (broad SMARTS) is 1. The minimum absolute atomic E-state index is 0.381. The van der Waals surface area contributed by atoms with Crippen LogP contribution in [0.3, 0.4) is 0 Å². The third-order valence-electron chi connectivity index (χ3n) is 3.03. The van der Waals surface area contributed by atoms with Crippen LogP contribution in [-0.2, 0) is 4.79 Å². The zero-order valence-corrected chi connectivity index (χ0v) is 9.54. The van der Waals surface area contributed by atoms with Gasteiger partial charge in [0.05, 0.1) is 0 Å². The summed E-state index contributed by atoms with van der Waals surface area (Å²) >= 11 is 1.56. The highest BCUT2D eigenvalue weighted by Crippen LogP contribution is 2.30. The molecule has 1 aliphatic heterocycles. The molecule has 15 heavy (non-hydrogen) atoms. The maximum absolute atomic E-state index is 11.3. The highest BCUT2D eigenvalue weighted by atomic mass is 32.1. The fraction of sp³-hybridized carbons (Fsp3) is 0.545. The average Bonchev–Trinajstić information content (AvgIpc) is 2.79. The molecule has 0 aliphatic carbocycles. The number of hydrogen-bond donors (Lipinski definition) is 1. The molecule has 0 spiro atoms. The van der Waals surface area contributed by atoms with Crippen LogP contribution in [-0.4, -0.2) is 28.6 Å². The zero-order chi connectivity index (χ0) is 10.8. The summed E-state index contributed by atoms with van der Waals surface area (Å²) in [6.07, 6.45) is 2.21. The lowest BCUT2D eigenvalue weighted by molar-refractivity contribution is -0.143. The molecule has 0 aromatic carbocycles. The van der Waals surface area contributed by atoms with E-state index in [0.717, 1.165) is 24.9 Å². The Hall–Kier alpha value is -0.870. The van der Waals surface area contributed by atoms with Gasteiger partial charge in [-0.2, -0.15) is 11.3 Å². The smallest absolute Gasteiger partial charge is 0.325 e. The second-order valence-corrected chi connectivity index (χ2v) is 4.81. The first kappa shape index (κ1) is 10.6. The average molecular weight is 225 g/mol. The molecule has 4 heteroatoms. The minimum Gasteiger partial charge on any atom is -0.480 e. The number of carbonyl (C=O) groups is 1. The predicted molar refractivity (Wildman–Crippen MR) is 60.1 cm³/mol. The predicted octanol–water partition coefficient (Wildman–Crippen LogP) is 2.36. The molecule has 1 N–H and O–H groups in total. The van der Waals surface area contributed by atoms with Crippen molar-refractivity contribution in [2.45, 2.75) is 31.8 Å². The van der Waals surface area contributed by atoms with Crippen LogP contribution in [0.25, 0.3) is 0 Å². The first-order chi connectivity index (χ1) is 7.20. The summed E-state index contributed by atoms with van der Waals surface area (Å²) in [6.45, 7) is 3.00. The third kappa shape index (κ3) is 2.06. The molecule has 0 saturated carbocycles. The summed E-state index contributed by atoms with van der Waals surface area (Å²) < 4.78 is 0. The molecule has 0 amide bonds. The van der Waals surface area contributed by atoms with Crippen LogP contribution in [0.2, 0.25) is 0 Å². The molecule has 1 unspecified atom stereocenters. The van der Waals surface area contributed by atoms with E-state index in [1.807, 2.05) is 16.8 Å². The molecule has 82 valence electrons. The fourth-order valence-corrected chi connectivity index (χ4v) is 2.92. The maximum Gasteiger partial charge on any atom is 0.325 e. The van der Waals surface area contributed by atoms with Crippen LogP contribution < -0.4 is 0 Å². The molecule has 1 fully saturated rings. The van der Waals surface area contributed by atoms with E-state index in [0.29, 0.717) is 6.04 Å². The summed E-state index contributed by atoms with van der Waals surface area (Å²) in [7, 11) is 0. The Bertz CT molecular complexity index is 336. The van der Waals surface area contributed by atoms with Gasteiger partial charge in [-0.05, 0) is 48.7 Å². The lowest BCUT2D eigenvalue weighted by atomic mass is 10.1. The van der Waals surface area contributed by atoms with Crippen LogP contribution in [0.4, 0.5) is 0 Å². The third-order valence-corrected chi connectivity index (χ3v) is 3.73. The van der Waals surface area contributed by atoms with Gasteiger partial charge in [0.2, 0.25) is 0 Å². The van der Waals surface area contributed by atoms with Gasteiger partial charge in [0, 0.05) is 6.04 Å². The zero-order valence-electron chi connectivity index (χ0n) is 8.72. The Kier molecular flexibility index (Phi) is 3.07. The second-order valence-electron chi connectivity index (χ2n) is 4.03. The van der Waals surface area contributed by atoms with Crippen LogP contribution >= 0.6 is 11.3 Å². The van der Waals surface area contributed by atoms with E-state index in [4.69, 9.17) is 0 Å². The Morgan fingerprint density at radius 2 is 2.53 bits per heavy atom. The number of hydrogen-bond acceptors (Lipinski definition) is 3. The molecule has 1 saturated heterocycles. The Balaban J connectivity index is 2.24. The molecular weight excluding hydrogens is 210 g/mol. The summed E-state index contributed by atoms with van der Waals surface area (Å²) in [6, 6.07) is 1.84. The normalized spacial score (nSPS) is 24.2. The number of likely N-dealkylation sites (tertiary alicyclic amines) is 1. The number of thiophene rings is 1. The first-order valence-corrected chi connectivity index (χ1v) is 6.15. The molecule has 1 aromatic heterocycles. The number of nitrogens with zero attached hydrogens (tertiary/aromatic N) is 1. The van der Waals surface area contributed by atoms with Gasteiger partial charge in [-0.3, -0.25) is 9.69 Å². The lowest BCUT2D eigenvalue weighted by Crippen LogP contribution is -2.36. The SMILES string of the molecule is CC1CCCN1[C@@H](C(=O)O)c1ccsc1. The van der Waals surface area contributed by atoms with Crippen molar-refractivity contribution >= 4 is 17.3 Å². The molecule has 1 aromatic rings. The van der Waals surface area contributed by atoms with E-state index >= 15 is 0 Å². The highest BCUT2D eigenvalue weighted by molar-refractivity contribution is 7.08. The number of carboxylic acids is 1. The van der Waals surface area contributed by atoms with Crippen molar-refractivity contribution in [1.82, 2.24) is 4.90 Å². The van der Waals surface area contributed by atoms with E-state index in [2.05, 4.69) is 11.8 Å². The number of rotatable bonds is 3. The molecule has 1 aliphatic rings.